The van der Waals surface area contributed by atoms with Crippen LogP contribution in [0, 0.1) is 6.92 Å². The van der Waals surface area contributed by atoms with Gasteiger partial charge >= 0.3 is 0 Å². The third-order valence-corrected chi connectivity index (χ3v) is 8.00. The molecule has 1 amide bonds. The molecule has 0 aliphatic rings. The van der Waals surface area contributed by atoms with E-state index in [0.29, 0.717) is 29.9 Å². The molecule has 9 heteroatoms. The molecule has 7 nitrogen and oxygen atoms in total. The van der Waals surface area contributed by atoms with Gasteiger partial charge in [-0.15, -0.1) is 28.1 Å². The number of nitrogens with one attached hydrogen (secondary N) is 1. The molecule has 39 heavy (non-hydrogen) atoms. The molecule has 0 atom stereocenters. The number of ether oxygens (including phenoxy) is 1. The van der Waals surface area contributed by atoms with Crippen LogP contribution >= 0.6 is 23.1 Å². The average Bonchev–Trinajstić information content (AvgIpc) is 3.50. The molecule has 2 aromatic heterocycles. The second kappa shape index (κ2) is 12.3. The molecule has 3 aromatic carbocycles. The number of fused-ring (bicyclic) bond motifs is 1. The summed E-state index contributed by atoms with van der Waals surface area (Å²) in [6.45, 7) is 9.05. The van der Waals surface area contributed by atoms with Crippen molar-refractivity contribution >= 4 is 44.9 Å². The number of aryl methyl sites for hydroxylation is 1. The summed E-state index contributed by atoms with van der Waals surface area (Å²) in [6, 6.07) is 22.4. The molecule has 0 spiro atoms. The molecule has 0 saturated heterocycles. The molecular weight excluding hydrogens is 526 g/mol. The minimum absolute atomic E-state index is 0.143. The highest BCUT2D eigenvalue weighted by atomic mass is 32.2. The molecule has 198 valence electrons. The summed E-state index contributed by atoms with van der Waals surface area (Å²) in [5.74, 6) is 1.71. The van der Waals surface area contributed by atoms with Gasteiger partial charge in [-0.05, 0) is 54.4 Å². The van der Waals surface area contributed by atoms with Gasteiger partial charge in [0.05, 0.1) is 18.1 Å². The minimum atomic E-state index is -0.143. The van der Waals surface area contributed by atoms with Crippen LogP contribution in [0.5, 0.6) is 5.75 Å². The summed E-state index contributed by atoms with van der Waals surface area (Å²) in [5.41, 5.74) is 3.02. The van der Waals surface area contributed by atoms with E-state index in [1.54, 1.807) is 0 Å². The molecule has 5 aromatic rings. The number of thiazole rings is 1. The number of carbonyl (C=O) groups is 1. The number of aromatic nitrogens is 4. The van der Waals surface area contributed by atoms with Gasteiger partial charge in [0.1, 0.15) is 11.6 Å². The zero-order valence-corrected chi connectivity index (χ0v) is 23.5. The fourth-order valence-corrected chi connectivity index (χ4v) is 5.98. The third kappa shape index (κ3) is 6.21. The van der Waals surface area contributed by atoms with Gasteiger partial charge < -0.3 is 14.6 Å². The Kier molecular flexibility index (Phi) is 8.39. The van der Waals surface area contributed by atoms with Gasteiger partial charge in [0.25, 0.3) is 0 Å². The van der Waals surface area contributed by atoms with Gasteiger partial charge in [-0.25, -0.2) is 4.98 Å². The predicted octanol–water partition coefficient (Wildman–Crippen LogP) is 6.77. The van der Waals surface area contributed by atoms with Crippen molar-refractivity contribution in [2.45, 2.75) is 32.0 Å². The number of amides is 1. The van der Waals surface area contributed by atoms with Gasteiger partial charge in [-0.3, -0.25) is 4.79 Å². The smallest absolute Gasteiger partial charge is 0.236 e. The number of hydrogen-bond acceptors (Lipinski definition) is 7. The lowest BCUT2D eigenvalue weighted by Gasteiger charge is -2.09. The van der Waals surface area contributed by atoms with Gasteiger partial charge in [0.15, 0.2) is 10.3 Å². The molecule has 0 aliphatic carbocycles. The van der Waals surface area contributed by atoms with Crippen molar-refractivity contribution in [1.82, 2.24) is 19.7 Å². The quantitative estimate of drug-likeness (QED) is 0.143. The van der Waals surface area contributed by atoms with Crippen LogP contribution in [0.15, 0.2) is 84.5 Å². The van der Waals surface area contributed by atoms with E-state index in [4.69, 9.17) is 4.74 Å². The van der Waals surface area contributed by atoms with Gasteiger partial charge in [-0.1, -0.05) is 60.3 Å². The van der Waals surface area contributed by atoms with E-state index in [2.05, 4.69) is 57.4 Å². The molecule has 1 N–H and O–H groups in total. The zero-order valence-electron chi connectivity index (χ0n) is 21.9. The first-order valence-corrected chi connectivity index (χ1v) is 14.5. The number of allylic oxidation sites excluding steroid dienone is 1. The van der Waals surface area contributed by atoms with Crippen LogP contribution < -0.4 is 10.1 Å². The highest BCUT2D eigenvalue weighted by Gasteiger charge is 2.17. The summed E-state index contributed by atoms with van der Waals surface area (Å²) in [6.07, 6.45) is 2.46. The number of benzene rings is 3. The Morgan fingerprint density at radius 2 is 1.90 bits per heavy atom. The van der Waals surface area contributed by atoms with Gasteiger partial charge in [-0.2, -0.15) is 0 Å². The van der Waals surface area contributed by atoms with Crippen LogP contribution in [0.1, 0.15) is 23.2 Å². The Labute approximate surface area is 236 Å². The van der Waals surface area contributed by atoms with Gasteiger partial charge in [0, 0.05) is 23.4 Å². The van der Waals surface area contributed by atoms with Crippen molar-refractivity contribution in [3.05, 3.63) is 95.6 Å². The molecule has 0 bridgehead atoms. The van der Waals surface area contributed by atoms with Crippen LogP contribution in [-0.2, 0) is 17.8 Å². The summed E-state index contributed by atoms with van der Waals surface area (Å²) in [7, 11) is 0. The monoisotopic (exact) mass is 555 g/mol. The molecular formula is C30H29N5O2S2. The second-order valence-electron chi connectivity index (χ2n) is 8.83. The number of nitrogens with zero attached hydrogens (tertiary/aromatic N) is 4. The van der Waals surface area contributed by atoms with E-state index in [9.17, 15) is 4.79 Å². The molecule has 2 heterocycles. The van der Waals surface area contributed by atoms with E-state index in [1.807, 2.05) is 60.9 Å². The molecule has 5 rings (SSSR count). The number of rotatable bonds is 11. The van der Waals surface area contributed by atoms with Crippen LogP contribution in [0.25, 0.3) is 22.0 Å². The lowest BCUT2D eigenvalue weighted by atomic mass is 10.0. The van der Waals surface area contributed by atoms with Crippen LogP contribution in [0.3, 0.4) is 0 Å². The molecule has 0 aliphatic heterocycles. The Morgan fingerprint density at radius 3 is 2.69 bits per heavy atom. The maximum atomic E-state index is 12.8. The molecule has 0 radical (unpaired) electrons. The van der Waals surface area contributed by atoms with Crippen molar-refractivity contribution in [3.63, 3.8) is 0 Å². The fourth-order valence-electron chi connectivity index (χ4n) is 4.36. The molecule has 0 fully saturated rings. The number of hydrogen-bond donors (Lipinski definition) is 1. The fraction of sp³-hybridized carbons (Fsp3) is 0.200. The van der Waals surface area contributed by atoms with E-state index in [0.717, 1.165) is 27.7 Å². The van der Waals surface area contributed by atoms with Crippen LogP contribution in [0.4, 0.5) is 5.13 Å². The normalized spacial score (nSPS) is 11.0. The Bertz CT molecular complexity index is 1600. The zero-order chi connectivity index (χ0) is 27.2. The SMILES string of the molecule is C=CCn1c(Cc2cccc3ccccc23)nnc1SCC(=O)Nc1nc(-c2ccc(OCC)cc2)c(C)s1. The van der Waals surface area contributed by atoms with Crippen molar-refractivity contribution < 1.29 is 9.53 Å². The highest BCUT2D eigenvalue weighted by Crippen LogP contribution is 2.32. The predicted molar refractivity (Wildman–Crippen MR) is 160 cm³/mol. The first kappa shape index (κ1) is 26.6. The summed E-state index contributed by atoms with van der Waals surface area (Å²) in [5, 5.41) is 15.4. The largest absolute Gasteiger partial charge is 0.494 e. The highest BCUT2D eigenvalue weighted by molar-refractivity contribution is 7.99. The lowest BCUT2D eigenvalue weighted by molar-refractivity contribution is -0.113. The summed E-state index contributed by atoms with van der Waals surface area (Å²) < 4.78 is 7.54. The van der Waals surface area contributed by atoms with E-state index >= 15 is 0 Å². The number of anilines is 1. The Balaban J connectivity index is 1.25. The summed E-state index contributed by atoms with van der Waals surface area (Å²) >= 11 is 2.82. The Morgan fingerprint density at radius 1 is 1.10 bits per heavy atom. The third-order valence-electron chi connectivity index (χ3n) is 6.15. The maximum Gasteiger partial charge on any atom is 0.236 e. The van der Waals surface area contributed by atoms with Crippen molar-refractivity contribution in [2.75, 3.05) is 17.7 Å². The van der Waals surface area contributed by atoms with Crippen molar-refractivity contribution in [1.29, 1.82) is 0 Å². The molecule has 0 unspecified atom stereocenters. The Hall–Kier alpha value is -3.95. The maximum absolute atomic E-state index is 12.8. The number of carbonyl (C=O) groups excluding carboxylic acids is 1. The van der Waals surface area contributed by atoms with Gasteiger partial charge in [0.2, 0.25) is 5.91 Å². The van der Waals surface area contributed by atoms with E-state index in [1.165, 1.54) is 39.4 Å². The topological polar surface area (TPSA) is 81.9 Å². The number of thioether (sulfide) groups is 1. The van der Waals surface area contributed by atoms with E-state index < -0.39 is 0 Å². The lowest BCUT2D eigenvalue weighted by Crippen LogP contribution is -2.14. The second-order valence-corrected chi connectivity index (χ2v) is 11.0. The first-order chi connectivity index (χ1) is 19.1. The van der Waals surface area contributed by atoms with Crippen molar-refractivity contribution in [2.24, 2.45) is 0 Å². The first-order valence-electron chi connectivity index (χ1n) is 12.7. The minimum Gasteiger partial charge on any atom is -0.494 e. The van der Waals surface area contributed by atoms with Crippen LogP contribution in [-0.4, -0.2) is 38.0 Å². The molecule has 0 saturated carbocycles. The van der Waals surface area contributed by atoms with Crippen molar-refractivity contribution in [3.8, 4) is 17.0 Å². The standard InChI is InChI=1S/C30H29N5O2S2/c1-4-17-35-26(18-23-11-8-10-21-9-6-7-12-25(21)23)33-34-30(35)38-19-27(36)31-29-32-28(20(3)39-29)22-13-15-24(16-14-22)37-5-2/h4,6-16H,1,5,17-19H2,2-3H3,(H,31,32,36). The summed E-state index contributed by atoms with van der Waals surface area (Å²) in [4.78, 5) is 18.5. The van der Waals surface area contributed by atoms with E-state index in [-0.39, 0.29) is 11.7 Å². The van der Waals surface area contributed by atoms with Crippen LogP contribution in [0.2, 0.25) is 0 Å². The average molecular weight is 556 g/mol.